The molecule has 0 saturated heterocycles. The topological polar surface area (TPSA) is 89.4 Å². The minimum absolute atomic E-state index is 0.136. The first-order valence-corrected chi connectivity index (χ1v) is 21.2. The van der Waals surface area contributed by atoms with Crippen molar-refractivity contribution < 1.29 is 9.47 Å². The molecule has 1 heterocycles. The van der Waals surface area contributed by atoms with Gasteiger partial charge in [-0.2, -0.15) is 0 Å². The van der Waals surface area contributed by atoms with Crippen LogP contribution in [0.5, 0.6) is 11.5 Å². The molecule has 1 atom stereocenters. The molecule has 268 valence electrons. The van der Waals surface area contributed by atoms with Crippen molar-refractivity contribution in [2.24, 2.45) is 0 Å². The van der Waals surface area contributed by atoms with Gasteiger partial charge in [0.15, 0.2) is 0 Å². The van der Waals surface area contributed by atoms with Gasteiger partial charge in [-0.3, -0.25) is 4.79 Å². The van der Waals surface area contributed by atoms with E-state index in [2.05, 4.69) is 92.7 Å². The van der Waals surface area contributed by atoms with Gasteiger partial charge in [-0.25, -0.2) is 0 Å². The number of H-pyrrole nitrogens is 1. The average Bonchev–Trinajstić information content (AvgIpc) is 3.14. The van der Waals surface area contributed by atoms with Gasteiger partial charge in [0.25, 0.3) is 0 Å². The number of ether oxygens (including phenoxy) is 2. The van der Waals surface area contributed by atoms with Gasteiger partial charge in [0.1, 0.15) is 18.1 Å². The van der Waals surface area contributed by atoms with Crippen LogP contribution in [-0.4, -0.2) is 33.3 Å². The maximum atomic E-state index is 12.6. The van der Waals surface area contributed by atoms with E-state index in [9.17, 15) is 4.79 Å². The first kappa shape index (κ1) is 36.7. The molecule has 0 saturated carbocycles. The third-order valence-corrected chi connectivity index (χ3v) is 17.1. The second kappa shape index (κ2) is 15.6. The van der Waals surface area contributed by atoms with Gasteiger partial charge in [-0.05, 0) is 93.8 Å². The second-order valence-corrected chi connectivity index (χ2v) is 20.9. The molecule has 6 aromatic rings. The number of nitrogen functional groups attached to an aromatic ring is 1. The highest BCUT2D eigenvalue weighted by atomic mass is 28.3. The Labute approximate surface area is 309 Å². The summed E-state index contributed by atoms with van der Waals surface area (Å²) in [5, 5.41) is 5.00. The fraction of sp³-hybridized carbons (Fsp3) is 0.267. The fourth-order valence-corrected chi connectivity index (χ4v) is 9.62. The zero-order valence-electron chi connectivity index (χ0n) is 31.3. The molecule has 0 amide bonds. The molecule has 6 nitrogen and oxygen atoms in total. The van der Waals surface area contributed by atoms with Crippen molar-refractivity contribution in [2.45, 2.75) is 57.5 Å². The van der Waals surface area contributed by atoms with Crippen LogP contribution in [0.4, 0.5) is 5.69 Å². The lowest BCUT2D eigenvalue weighted by atomic mass is 9.96. The molecule has 0 unspecified atom stereocenters. The SMILES string of the molecule is COc1ccc(-c2ccc(CCNC[C@@H](c3ccc(OCc4ccccc4)c4[nH]c(=O)ccc34)[Si](C)(C)C(C)(C)C)c(N)c2)cc1-c1ccccc1. The van der Waals surface area contributed by atoms with E-state index in [1.54, 1.807) is 13.2 Å². The predicted octanol–water partition coefficient (Wildman–Crippen LogP) is 10.00. The first-order valence-electron chi connectivity index (χ1n) is 18.1. The molecule has 52 heavy (non-hydrogen) atoms. The van der Waals surface area contributed by atoms with E-state index in [0.717, 1.165) is 75.2 Å². The van der Waals surface area contributed by atoms with Crippen molar-refractivity contribution in [3.8, 4) is 33.8 Å². The third-order valence-electron chi connectivity index (χ3n) is 11.0. The fourth-order valence-electron chi connectivity index (χ4n) is 6.89. The summed E-state index contributed by atoms with van der Waals surface area (Å²) in [6, 6.07) is 40.9. The van der Waals surface area contributed by atoms with Gasteiger partial charge in [0.2, 0.25) is 5.56 Å². The second-order valence-electron chi connectivity index (χ2n) is 15.2. The quantitative estimate of drug-likeness (QED) is 0.0631. The van der Waals surface area contributed by atoms with E-state index in [4.69, 9.17) is 15.2 Å². The zero-order chi connectivity index (χ0) is 36.9. The van der Waals surface area contributed by atoms with Gasteiger partial charge in [0, 0.05) is 22.7 Å². The van der Waals surface area contributed by atoms with E-state index in [0.29, 0.717) is 12.4 Å². The summed E-state index contributed by atoms with van der Waals surface area (Å²) in [4.78, 5) is 15.7. The number of nitrogens with one attached hydrogen (secondary N) is 2. The molecule has 1 aromatic heterocycles. The number of hydrogen-bond acceptors (Lipinski definition) is 5. The Bertz CT molecular complexity index is 2190. The monoisotopic (exact) mass is 709 g/mol. The Kier molecular flexibility index (Phi) is 11.0. The highest BCUT2D eigenvalue weighted by Gasteiger charge is 2.43. The predicted molar refractivity (Wildman–Crippen MR) is 220 cm³/mol. The summed E-state index contributed by atoms with van der Waals surface area (Å²) in [5.74, 6) is 1.53. The molecule has 5 aromatic carbocycles. The number of nitrogens with two attached hydrogens (primary N) is 1. The van der Waals surface area contributed by atoms with Crippen LogP contribution in [0.3, 0.4) is 0 Å². The average molecular weight is 710 g/mol. The Hall–Kier alpha value is -5.11. The summed E-state index contributed by atoms with van der Waals surface area (Å²) >= 11 is 0. The molecule has 0 spiro atoms. The number of fused-ring (bicyclic) bond motifs is 1. The Balaban J connectivity index is 1.21. The van der Waals surface area contributed by atoms with Crippen molar-refractivity contribution >= 4 is 24.7 Å². The van der Waals surface area contributed by atoms with E-state index >= 15 is 0 Å². The number of benzene rings is 5. The molecule has 0 radical (unpaired) electrons. The van der Waals surface area contributed by atoms with Crippen LogP contribution < -0.4 is 26.1 Å². The van der Waals surface area contributed by atoms with E-state index in [1.807, 2.05) is 66.7 Å². The number of pyridine rings is 1. The largest absolute Gasteiger partial charge is 0.496 e. The summed E-state index contributed by atoms with van der Waals surface area (Å²) in [6.45, 7) is 14.1. The lowest BCUT2D eigenvalue weighted by Gasteiger charge is -2.44. The van der Waals surface area contributed by atoms with Crippen molar-refractivity contribution in [1.29, 1.82) is 0 Å². The van der Waals surface area contributed by atoms with Crippen molar-refractivity contribution in [1.82, 2.24) is 10.3 Å². The van der Waals surface area contributed by atoms with Crippen molar-refractivity contribution in [3.05, 3.63) is 148 Å². The van der Waals surface area contributed by atoms with Gasteiger partial charge in [0.05, 0.1) is 20.7 Å². The van der Waals surface area contributed by atoms with Crippen LogP contribution in [0, 0.1) is 0 Å². The zero-order valence-corrected chi connectivity index (χ0v) is 32.3. The van der Waals surface area contributed by atoms with E-state index in [1.165, 1.54) is 5.56 Å². The summed E-state index contributed by atoms with van der Waals surface area (Å²) in [5.41, 5.74) is 16.2. The Morgan fingerprint density at radius 1 is 0.788 bits per heavy atom. The number of hydrogen-bond donors (Lipinski definition) is 3. The van der Waals surface area contributed by atoms with Gasteiger partial charge >= 0.3 is 0 Å². The Morgan fingerprint density at radius 2 is 1.46 bits per heavy atom. The summed E-state index contributed by atoms with van der Waals surface area (Å²) in [7, 11) is -0.237. The maximum absolute atomic E-state index is 12.6. The van der Waals surface area contributed by atoms with Crippen molar-refractivity contribution in [2.75, 3.05) is 25.9 Å². The van der Waals surface area contributed by atoms with Crippen LogP contribution in [-0.2, 0) is 13.0 Å². The van der Waals surface area contributed by atoms with Crippen LogP contribution in [0.2, 0.25) is 18.1 Å². The molecule has 0 aliphatic carbocycles. The molecule has 0 aliphatic rings. The number of rotatable bonds is 13. The summed E-state index contributed by atoms with van der Waals surface area (Å²) < 4.78 is 12.0. The molecular formula is C45H51N3O3Si. The smallest absolute Gasteiger partial charge is 0.248 e. The maximum Gasteiger partial charge on any atom is 0.248 e. The minimum atomic E-state index is -1.94. The number of aromatic nitrogens is 1. The highest BCUT2D eigenvalue weighted by Crippen LogP contribution is 2.46. The van der Waals surface area contributed by atoms with E-state index in [-0.39, 0.29) is 16.1 Å². The number of aromatic amines is 1. The molecule has 0 bridgehead atoms. The van der Waals surface area contributed by atoms with Gasteiger partial charge < -0.3 is 25.5 Å². The molecule has 7 heteroatoms. The minimum Gasteiger partial charge on any atom is -0.496 e. The van der Waals surface area contributed by atoms with Crippen molar-refractivity contribution in [3.63, 3.8) is 0 Å². The standard InChI is InChI=1S/C45H51N3O3Si/c1-45(2,3)52(5,6)42(36-20-23-41(44-37(36)21-24-43(49)48-44)51-30-31-13-9-7-10-14-31)29-47-26-25-33-17-18-35(28-39(33)46)34-19-22-40(50-4)38(27-34)32-15-11-8-12-16-32/h7-24,27-28,42,47H,25-26,29-30,46H2,1-6H3,(H,48,49)/t42-/m0/s1. The summed E-state index contributed by atoms with van der Waals surface area (Å²) in [6.07, 6.45) is 0.814. The lowest BCUT2D eigenvalue weighted by molar-refractivity contribution is 0.309. The molecule has 6 rings (SSSR count). The molecular weight excluding hydrogens is 659 g/mol. The lowest BCUT2D eigenvalue weighted by Crippen LogP contribution is -2.48. The van der Waals surface area contributed by atoms with Crippen LogP contribution in [0.1, 0.15) is 43.0 Å². The Morgan fingerprint density at radius 3 is 2.15 bits per heavy atom. The number of anilines is 1. The highest BCUT2D eigenvalue weighted by molar-refractivity contribution is 6.81. The van der Waals surface area contributed by atoms with Crippen LogP contribution >= 0.6 is 0 Å². The molecule has 0 aliphatic heterocycles. The molecule has 0 fully saturated rings. The van der Waals surface area contributed by atoms with Gasteiger partial charge in [-0.15, -0.1) is 0 Å². The van der Waals surface area contributed by atoms with E-state index < -0.39 is 8.07 Å². The van der Waals surface area contributed by atoms with Crippen LogP contribution in [0.25, 0.3) is 33.2 Å². The molecule has 4 N–H and O–H groups in total. The third kappa shape index (κ3) is 8.01. The number of methoxy groups -OCH3 is 1. The van der Waals surface area contributed by atoms with Gasteiger partial charge in [-0.1, -0.05) is 119 Å². The van der Waals surface area contributed by atoms with Crippen LogP contribution in [0.15, 0.2) is 126 Å². The normalized spacial score (nSPS) is 12.5. The first-order chi connectivity index (χ1) is 25.0.